The molecule has 0 unspecified atom stereocenters. The second kappa shape index (κ2) is 7.16. The minimum absolute atomic E-state index is 0.175. The van der Waals surface area contributed by atoms with Crippen LogP contribution in [0.1, 0.15) is 36.4 Å². The minimum atomic E-state index is -3.15. The van der Waals surface area contributed by atoms with Crippen molar-refractivity contribution in [2.45, 2.75) is 38.0 Å². The van der Waals surface area contributed by atoms with Gasteiger partial charge in [-0.25, -0.2) is 18.4 Å². The minimum Gasteiger partial charge on any atom is -0.377 e. The first-order valence-corrected chi connectivity index (χ1v) is 11.0. The number of morpholine rings is 1. The molecule has 2 saturated heterocycles. The van der Waals surface area contributed by atoms with Crippen LogP contribution in [0.5, 0.6) is 0 Å². The fourth-order valence-electron chi connectivity index (χ4n) is 3.77. The van der Waals surface area contributed by atoms with Crippen molar-refractivity contribution in [1.29, 1.82) is 0 Å². The molecule has 2 aromatic heterocycles. The monoisotopic (exact) mass is 388 g/mol. The van der Waals surface area contributed by atoms with Crippen LogP contribution in [0.25, 0.3) is 11.4 Å². The molecule has 0 saturated carbocycles. The summed E-state index contributed by atoms with van der Waals surface area (Å²) in [6.07, 6.45) is 3.03. The summed E-state index contributed by atoms with van der Waals surface area (Å²) in [7, 11) is -3.15. The number of anilines is 1. The molecule has 0 aromatic carbocycles. The maximum Gasteiger partial charge on any atom is 0.161 e. The number of rotatable bonds is 3. The van der Waals surface area contributed by atoms with Crippen molar-refractivity contribution in [3.05, 3.63) is 35.8 Å². The number of sulfone groups is 1. The smallest absolute Gasteiger partial charge is 0.161 e. The fraction of sp³-hybridized carbons (Fsp3) is 0.526. The van der Waals surface area contributed by atoms with E-state index < -0.39 is 15.1 Å². The fourth-order valence-corrected chi connectivity index (χ4v) is 5.64. The van der Waals surface area contributed by atoms with Crippen LogP contribution in [0.4, 0.5) is 5.82 Å². The zero-order valence-corrected chi connectivity index (χ0v) is 16.4. The van der Waals surface area contributed by atoms with E-state index in [9.17, 15) is 8.42 Å². The van der Waals surface area contributed by atoms with E-state index in [4.69, 9.17) is 9.72 Å². The number of ether oxygens (including phenoxy) is 1. The van der Waals surface area contributed by atoms with Crippen LogP contribution < -0.4 is 4.90 Å². The van der Waals surface area contributed by atoms with Crippen LogP contribution in [0.3, 0.4) is 0 Å². The Bertz CT molecular complexity index is 948. The number of nitrogens with zero attached hydrogens (tertiary/aromatic N) is 4. The van der Waals surface area contributed by atoms with E-state index in [1.165, 1.54) is 0 Å². The van der Waals surface area contributed by atoms with Crippen molar-refractivity contribution < 1.29 is 13.2 Å². The van der Waals surface area contributed by atoms with Crippen LogP contribution >= 0.6 is 0 Å². The lowest BCUT2D eigenvalue weighted by atomic mass is 10.1. The summed E-state index contributed by atoms with van der Waals surface area (Å²) in [4.78, 5) is 15.8. The Morgan fingerprint density at radius 1 is 1.26 bits per heavy atom. The summed E-state index contributed by atoms with van der Waals surface area (Å²) in [5.41, 5.74) is 2.32. The average molecular weight is 388 g/mol. The maximum absolute atomic E-state index is 12.5. The summed E-state index contributed by atoms with van der Waals surface area (Å²) < 4.78 is 30.6. The van der Waals surface area contributed by atoms with Gasteiger partial charge in [0.15, 0.2) is 15.7 Å². The maximum atomic E-state index is 12.5. The highest BCUT2D eigenvalue weighted by Gasteiger charge is 2.35. The van der Waals surface area contributed by atoms with Crippen LogP contribution in [0, 0.1) is 6.92 Å². The Labute approximate surface area is 159 Å². The third-order valence-electron chi connectivity index (χ3n) is 5.21. The molecule has 2 aliphatic heterocycles. The van der Waals surface area contributed by atoms with Crippen molar-refractivity contribution in [2.24, 2.45) is 0 Å². The Kier molecular flexibility index (Phi) is 4.86. The highest BCUT2D eigenvalue weighted by molar-refractivity contribution is 7.91. The molecule has 7 nitrogen and oxygen atoms in total. The van der Waals surface area contributed by atoms with Crippen molar-refractivity contribution in [1.82, 2.24) is 15.0 Å². The van der Waals surface area contributed by atoms with E-state index in [1.807, 2.05) is 25.1 Å². The lowest BCUT2D eigenvalue weighted by molar-refractivity contribution is 0.0985. The molecule has 0 radical (unpaired) electrons. The largest absolute Gasteiger partial charge is 0.377 e. The summed E-state index contributed by atoms with van der Waals surface area (Å²) in [6.45, 7) is 5.99. The Morgan fingerprint density at radius 3 is 2.81 bits per heavy atom. The van der Waals surface area contributed by atoms with Gasteiger partial charge in [0, 0.05) is 30.1 Å². The van der Waals surface area contributed by atoms with Crippen molar-refractivity contribution in [3.63, 3.8) is 0 Å². The highest BCUT2D eigenvalue weighted by atomic mass is 32.2. The first kappa shape index (κ1) is 18.3. The van der Waals surface area contributed by atoms with Gasteiger partial charge in [-0.05, 0) is 38.8 Å². The number of aromatic nitrogens is 3. The van der Waals surface area contributed by atoms with Crippen molar-refractivity contribution in [3.8, 4) is 11.4 Å². The van der Waals surface area contributed by atoms with Gasteiger partial charge in [0.25, 0.3) is 0 Å². The van der Waals surface area contributed by atoms with Crippen molar-refractivity contribution >= 4 is 15.7 Å². The third-order valence-corrected chi connectivity index (χ3v) is 7.41. The van der Waals surface area contributed by atoms with Crippen LogP contribution in [0.15, 0.2) is 24.4 Å². The predicted molar refractivity (Wildman–Crippen MR) is 103 cm³/mol. The normalized spacial score (nSPS) is 24.9. The molecule has 2 fully saturated rings. The predicted octanol–water partition coefficient (Wildman–Crippen LogP) is 2.32. The average Bonchev–Trinajstić information content (AvgIpc) is 3.01. The van der Waals surface area contributed by atoms with Gasteiger partial charge in [0.2, 0.25) is 0 Å². The summed E-state index contributed by atoms with van der Waals surface area (Å²) >= 11 is 0. The zero-order chi connectivity index (χ0) is 19.0. The third kappa shape index (κ3) is 3.68. The molecule has 2 aromatic rings. The summed E-state index contributed by atoms with van der Waals surface area (Å²) in [5.74, 6) is 1.55. The number of hydrogen-bond donors (Lipinski definition) is 0. The van der Waals surface area contributed by atoms with E-state index in [1.54, 1.807) is 6.20 Å². The number of aryl methyl sites for hydroxylation is 1. The SMILES string of the molecule is Cc1cc(-c2nc([C@H]3CCCS3(=O)=O)cc(N3CCOC[C@H]3C)n2)ccn1. The molecule has 0 N–H and O–H groups in total. The van der Waals surface area contributed by atoms with Gasteiger partial charge in [-0.15, -0.1) is 0 Å². The number of hydrogen-bond acceptors (Lipinski definition) is 7. The van der Waals surface area contributed by atoms with E-state index in [0.717, 1.165) is 23.6 Å². The topological polar surface area (TPSA) is 85.3 Å². The van der Waals surface area contributed by atoms with Crippen LogP contribution in [-0.4, -0.2) is 54.9 Å². The Morgan fingerprint density at radius 2 is 2.11 bits per heavy atom. The van der Waals surface area contributed by atoms with Gasteiger partial charge in [0.1, 0.15) is 11.1 Å². The van der Waals surface area contributed by atoms with Crippen LogP contribution in [-0.2, 0) is 14.6 Å². The van der Waals surface area contributed by atoms with Gasteiger partial charge >= 0.3 is 0 Å². The summed E-state index contributed by atoms with van der Waals surface area (Å²) in [5, 5.41) is -0.544. The van der Waals surface area contributed by atoms with Gasteiger partial charge in [-0.1, -0.05) is 0 Å². The Balaban J connectivity index is 1.83. The molecule has 0 spiro atoms. The first-order valence-electron chi connectivity index (χ1n) is 9.32. The van der Waals surface area contributed by atoms with E-state index in [0.29, 0.717) is 37.6 Å². The van der Waals surface area contributed by atoms with E-state index >= 15 is 0 Å². The van der Waals surface area contributed by atoms with Gasteiger partial charge in [0.05, 0.1) is 30.7 Å². The molecule has 0 aliphatic carbocycles. The molecule has 0 bridgehead atoms. The quantitative estimate of drug-likeness (QED) is 0.798. The Hall–Kier alpha value is -2.06. The molecule has 2 aliphatic rings. The second-order valence-electron chi connectivity index (χ2n) is 7.28. The number of pyridine rings is 1. The van der Waals surface area contributed by atoms with E-state index in [-0.39, 0.29) is 11.8 Å². The summed E-state index contributed by atoms with van der Waals surface area (Å²) in [6, 6.07) is 5.82. The molecule has 2 atom stereocenters. The zero-order valence-electron chi connectivity index (χ0n) is 15.6. The van der Waals surface area contributed by atoms with Crippen molar-refractivity contribution in [2.75, 3.05) is 30.4 Å². The lowest BCUT2D eigenvalue weighted by Gasteiger charge is -2.34. The molecular weight excluding hydrogens is 364 g/mol. The molecule has 4 rings (SSSR count). The molecule has 144 valence electrons. The van der Waals surface area contributed by atoms with E-state index in [2.05, 4.69) is 21.8 Å². The molecule has 27 heavy (non-hydrogen) atoms. The van der Waals surface area contributed by atoms with Gasteiger partial charge in [-0.3, -0.25) is 4.98 Å². The molecule has 8 heteroatoms. The van der Waals surface area contributed by atoms with Gasteiger partial charge < -0.3 is 9.64 Å². The van der Waals surface area contributed by atoms with Crippen LogP contribution in [0.2, 0.25) is 0 Å². The van der Waals surface area contributed by atoms with Gasteiger partial charge in [-0.2, -0.15) is 0 Å². The molecular formula is C19H24N4O3S. The highest BCUT2D eigenvalue weighted by Crippen LogP contribution is 2.36. The standard InChI is InChI=1S/C19H24N4O3S/c1-13-10-15(5-6-20-13)19-21-16(17-4-3-9-27(17,24)25)11-18(22-19)23-7-8-26-12-14(23)2/h5-6,10-11,14,17H,3-4,7-9,12H2,1-2H3/t14-,17-/m1/s1. The second-order valence-corrected chi connectivity index (χ2v) is 9.58. The first-order chi connectivity index (χ1) is 12.9. The molecule has 4 heterocycles. The lowest BCUT2D eigenvalue weighted by Crippen LogP contribution is -2.44. The molecule has 0 amide bonds.